The first-order valence-corrected chi connectivity index (χ1v) is 9.84. The number of allylic oxidation sites excluding steroid dienone is 1. The molecule has 0 saturated carbocycles. The van der Waals surface area contributed by atoms with Gasteiger partial charge in [-0.3, -0.25) is 4.79 Å². The van der Waals surface area contributed by atoms with Crippen molar-refractivity contribution >= 4 is 16.7 Å². The quantitative estimate of drug-likeness (QED) is 0.303. The van der Waals surface area contributed by atoms with Gasteiger partial charge in [-0.15, -0.1) is 6.58 Å². The zero-order valence-electron chi connectivity index (χ0n) is 16.3. The van der Waals surface area contributed by atoms with Crippen LogP contribution in [0.4, 0.5) is 0 Å². The van der Waals surface area contributed by atoms with Gasteiger partial charge in [0.05, 0.1) is 0 Å². The molecular formula is C25H27NO. The second-order valence-corrected chi connectivity index (χ2v) is 8.51. The molecule has 1 aliphatic rings. The van der Waals surface area contributed by atoms with Crippen LogP contribution in [0, 0.1) is 5.41 Å². The molecule has 0 bridgehead atoms. The Morgan fingerprint density at radius 3 is 2.74 bits per heavy atom. The molecule has 138 valence electrons. The van der Waals surface area contributed by atoms with Crippen LogP contribution < -0.4 is 0 Å². The molecule has 0 N–H and O–H groups in total. The maximum Gasteiger partial charge on any atom is 0.195 e. The summed E-state index contributed by atoms with van der Waals surface area (Å²) in [4.78, 5) is 13.3. The lowest BCUT2D eigenvalue weighted by Crippen LogP contribution is -2.09. The highest BCUT2D eigenvalue weighted by molar-refractivity contribution is 6.16. The molecule has 0 spiro atoms. The Balaban J connectivity index is 1.70. The molecule has 0 fully saturated rings. The highest BCUT2D eigenvalue weighted by Gasteiger charge is 2.29. The Morgan fingerprint density at radius 1 is 1.15 bits per heavy atom. The Bertz CT molecular complexity index is 1020. The molecule has 3 aromatic rings. The van der Waals surface area contributed by atoms with Crippen LogP contribution in [-0.4, -0.2) is 10.4 Å². The Labute approximate surface area is 161 Å². The zero-order valence-corrected chi connectivity index (χ0v) is 16.3. The molecule has 1 aromatic heterocycles. The molecule has 4 rings (SSSR count). The van der Waals surface area contributed by atoms with E-state index >= 15 is 0 Å². The van der Waals surface area contributed by atoms with Crippen molar-refractivity contribution in [3.05, 3.63) is 83.6 Å². The van der Waals surface area contributed by atoms with Crippen LogP contribution in [0.15, 0.2) is 61.3 Å². The minimum atomic E-state index is 0.126. The standard InChI is InChI=1S/C25H27NO/c1-4-5-8-13-26-17-22(21-9-6-7-10-23(21)26)24(27)18-11-12-19-15-25(2,3)16-20(19)14-18/h4,6-7,9-12,14,17H,1,5,8,13,15-16H2,2-3H3. The number of aryl methyl sites for hydroxylation is 1. The molecule has 0 aliphatic heterocycles. The molecule has 2 heteroatoms. The summed E-state index contributed by atoms with van der Waals surface area (Å²) >= 11 is 0. The number of para-hydroxylation sites is 1. The number of hydrogen-bond acceptors (Lipinski definition) is 1. The van der Waals surface area contributed by atoms with Crippen molar-refractivity contribution in [3.8, 4) is 0 Å². The second kappa shape index (κ2) is 6.84. The van der Waals surface area contributed by atoms with Gasteiger partial charge in [-0.05, 0) is 54.4 Å². The number of hydrogen-bond donors (Lipinski definition) is 0. The normalized spacial score (nSPS) is 15.0. The number of ketones is 1. The first-order chi connectivity index (χ1) is 13.0. The number of fused-ring (bicyclic) bond motifs is 2. The lowest BCUT2D eigenvalue weighted by Gasteiger charge is -2.14. The third-order valence-electron chi connectivity index (χ3n) is 5.65. The molecule has 2 aromatic carbocycles. The number of unbranched alkanes of at least 4 members (excludes halogenated alkanes) is 1. The van der Waals surface area contributed by atoms with Crippen molar-refractivity contribution in [2.24, 2.45) is 5.41 Å². The summed E-state index contributed by atoms with van der Waals surface area (Å²) in [6.07, 6.45) is 8.14. The van der Waals surface area contributed by atoms with E-state index in [-0.39, 0.29) is 5.78 Å². The number of rotatable bonds is 6. The highest BCUT2D eigenvalue weighted by atomic mass is 16.1. The van der Waals surface area contributed by atoms with Gasteiger partial charge in [0.25, 0.3) is 0 Å². The van der Waals surface area contributed by atoms with Crippen LogP contribution in [0.25, 0.3) is 10.9 Å². The van der Waals surface area contributed by atoms with E-state index in [1.807, 2.05) is 30.5 Å². The number of nitrogens with zero attached hydrogens (tertiary/aromatic N) is 1. The van der Waals surface area contributed by atoms with Gasteiger partial charge in [0.2, 0.25) is 0 Å². The topological polar surface area (TPSA) is 22.0 Å². The fourth-order valence-corrected chi connectivity index (χ4v) is 4.37. The van der Waals surface area contributed by atoms with E-state index in [2.05, 4.69) is 49.3 Å². The Hall–Kier alpha value is -2.61. The van der Waals surface area contributed by atoms with Crippen molar-refractivity contribution in [3.63, 3.8) is 0 Å². The monoisotopic (exact) mass is 357 g/mol. The van der Waals surface area contributed by atoms with E-state index in [0.29, 0.717) is 5.41 Å². The minimum absolute atomic E-state index is 0.126. The average Bonchev–Trinajstić information content (AvgIpc) is 3.17. The van der Waals surface area contributed by atoms with Crippen molar-refractivity contribution in [1.29, 1.82) is 0 Å². The Kier molecular flexibility index (Phi) is 4.51. The molecule has 0 atom stereocenters. The van der Waals surface area contributed by atoms with Crippen LogP contribution in [0.1, 0.15) is 53.7 Å². The molecule has 1 aliphatic carbocycles. The number of benzene rings is 2. The van der Waals surface area contributed by atoms with Crippen LogP contribution in [0.5, 0.6) is 0 Å². The highest BCUT2D eigenvalue weighted by Crippen LogP contribution is 2.37. The summed E-state index contributed by atoms with van der Waals surface area (Å²) in [5.74, 6) is 0.126. The smallest absolute Gasteiger partial charge is 0.195 e. The molecule has 2 nitrogen and oxygen atoms in total. The SMILES string of the molecule is C=CCCCn1cc(C(=O)c2ccc3c(c2)CC(C)(C)C3)c2ccccc21. The van der Waals surface area contributed by atoms with Crippen LogP contribution >= 0.6 is 0 Å². The minimum Gasteiger partial charge on any atom is -0.347 e. The number of aromatic nitrogens is 1. The zero-order chi connectivity index (χ0) is 19.0. The van der Waals surface area contributed by atoms with E-state index < -0.39 is 0 Å². The van der Waals surface area contributed by atoms with E-state index in [0.717, 1.165) is 54.3 Å². The third kappa shape index (κ3) is 3.37. The summed E-state index contributed by atoms with van der Waals surface area (Å²) in [5.41, 5.74) is 5.77. The van der Waals surface area contributed by atoms with Crippen molar-refractivity contribution < 1.29 is 4.79 Å². The summed E-state index contributed by atoms with van der Waals surface area (Å²) < 4.78 is 2.21. The van der Waals surface area contributed by atoms with Gasteiger partial charge in [0, 0.05) is 34.8 Å². The maximum absolute atomic E-state index is 13.3. The van der Waals surface area contributed by atoms with Crippen molar-refractivity contribution in [1.82, 2.24) is 4.57 Å². The first kappa shape index (κ1) is 17.8. The molecule has 0 unspecified atom stereocenters. The molecule has 27 heavy (non-hydrogen) atoms. The summed E-state index contributed by atoms with van der Waals surface area (Å²) in [6.45, 7) is 9.30. The van der Waals surface area contributed by atoms with Crippen LogP contribution in [-0.2, 0) is 19.4 Å². The van der Waals surface area contributed by atoms with Gasteiger partial charge < -0.3 is 4.57 Å². The van der Waals surface area contributed by atoms with Gasteiger partial charge in [-0.25, -0.2) is 0 Å². The van der Waals surface area contributed by atoms with Crippen LogP contribution in [0.2, 0.25) is 0 Å². The second-order valence-electron chi connectivity index (χ2n) is 8.51. The van der Waals surface area contributed by atoms with Gasteiger partial charge in [-0.2, -0.15) is 0 Å². The Morgan fingerprint density at radius 2 is 1.93 bits per heavy atom. The fraction of sp³-hybridized carbons (Fsp3) is 0.320. The van der Waals surface area contributed by atoms with E-state index in [1.165, 1.54) is 11.1 Å². The predicted molar refractivity (Wildman–Crippen MR) is 112 cm³/mol. The summed E-state index contributed by atoms with van der Waals surface area (Å²) in [6, 6.07) is 14.5. The lowest BCUT2D eigenvalue weighted by atomic mass is 9.90. The maximum atomic E-state index is 13.3. The van der Waals surface area contributed by atoms with E-state index in [1.54, 1.807) is 0 Å². The van der Waals surface area contributed by atoms with Crippen LogP contribution in [0.3, 0.4) is 0 Å². The molecule has 1 heterocycles. The summed E-state index contributed by atoms with van der Waals surface area (Å²) in [7, 11) is 0. The molecule has 0 saturated heterocycles. The summed E-state index contributed by atoms with van der Waals surface area (Å²) in [5, 5.41) is 1.04. The average molecular weight is 357 g/mol. The lowest BCUT2D eigenvalue weighted by molar-refractivity contribution is 0.104. The van der Waals surface area contributed by atoms with Gasteiger partial charge in [0.15, 0.2) is 5.78 Å². The van der Waals surface area contributed by atoms with Crippen molar-refractivity contribution in [2.75, 3.05) is 0 Å². The first-order valence-electron chi connectivity index (χ1n) is 9.84. The van der Waals surface area contributed by atoms with Gasteiger partial charge in [-0.1, -0.05) is 50.3 Å². The number of carbonyl (C=O) groups excluding carboxylic acids is 1. The molecular weight excluding hydrogens is 330 g/mol. The molecule has 0 radical (unpaired) electrons. The van der Waals surface area contributed by atoms with E-state index in [9.17, 15) is 4.79 Å². The predicted octanol–water partition coefficient (Wildman–Crippen LogP) is 5.96. The largest absolute Gasteiger partial charge is 0.347 e. The van der Waals surface area contributed by atoms with Gasteiger partial charge in [0.1, 0.15) is 0 Å². The third-order valence-corrected chi connectivity index (χ3v) is 5.65. The van der Waals surface area contributed by atoms with E-state index in [4.69, 9.17) is 0 Å². The molecule has 0 amide bonds. The van der Waals surface area contributed by atoms with Crippen molar-refractivity contribution in [2.45, 2.75) is 46.1 Å². The number of carbonyl (C=O) groups is 1. The van der Waals surface area contributed by atoms with Gasteiger partial charge >= 0.3 is 0 Å². The fourth-order valence-electron chi connectivity index (χ4n) is 4.37.